The van der Waals surface area contributed by atoms with Crippen molar-refractivity contribution in [2.45, 2.75) is 12.6 Å². The minimum absolute atomic E-state index is 0.309. The first-order valence-electron chi connectivity index (χ1n) is 17.1. The summed E-state index contributed by atoms with van der Waals surface area (Å²) in [4.78, 5) is 5.33. The number of rotatable bonds is 4. The summed E-state index contributed by atoms with van der Waals surface area (Å²) in [6.07, 6.45) is 13.5. The SMILES string of the molecule is c1ccc2c(c#1)c1cc(-c3ccc4oc5cccc(C6N=C(C7=CCC=CC=C7)C=C(c7ccccc7)N6)c5c4c3)ccc1c1ccccc21. The first-order chi connectivity index (χ1) is 24.8. The van der Waals surface area contributed by atoms with Crippen LogP contribution in [0.4, 0.5) is 0 Å². The average molecular weight is 639 g/mol. The van der Waals surface area contributed by atoms with E-state index in [1.165, 1.54) is 26.9 Å². The molecule has 2 aliphatic rings. The van der Waals surface area contributed by atoms with Gasteiger partial charge in [0.25, 0.3) is 0 Å². The zero-order valence-electron chi connectivity index (χ0n) is 27.2. The molecule has 1 N–H and O–H groups in total. The van der Waals surface area contributed by atoms with Crippen LogP contribution in [-0.2, 0) is 0 Å². The van der Waals surface area contributed by atoms with Gasteiger partial charge in [-0.1, -0.05) is 127 Å². The zero-order chi connectivity index (χ0) is 33.0. The molecule has 10 rings (SSSR count). The molecular weight excluding hydrogens is 609 g/mol. The van der Waals surface area contributed by atoms with Gasteiger partial charge in [-0.3, -0.25) is 4.99 Å². The third kappa shape index (κ3) is 4.65. The van der Waals surface area contributed by atoms with Crippen LogP contribution in [0.15, 0.2) is 173 Å². The van der Waals surface area contributed by atoms with E-state index in [1.807, 2.05) is 6.07 Å². The fraction of sp³-hybridized carbons (Fsp3) is 0.0426. The number of hydrogen-bond acceptors (Lipinski definition) is 3. The minimum atomic E-state index is -0.309. The van der Waals surface area contributed by atoms with Crippen molar-refractivity contribution in [1.82, 2.24) is 5.32 Å². The molecule has 3 heteroatoms. The Hall–Kier alpha value is -6.63. The van der Waals surface area contributed by atoms with Gasteiger partial charge in [-0.2, -0.15) is 0 Å². The lowest BCUT2D eigenvalue weighted by atomic mass is 9.92. The van der Waals surface area contributed by atoms with Gasteiger partial charge in [0.1, 0.15) is 17.3 Å². The van der Waals surface area contributed by atoms with Crippen molar-refractivity contribution in [2.24, 2.45) is 4.99 Å². The van der Waals surface area contributed by atoms with Gasteiger partial charge in [0.2, 0.25) is 0 Å². The summed E-state index contributed by atoms with van der Waals surface area (Å²) in [6, 6.07) is 49.5. The van der Waals surface area contributed by atoms with Crippen LogP contribution in [0.1, 0.15) is 23.7 Å². The van der Waals surface area contributed by atoms with E-state index in [2.05, 4.69) is 169 Å². The lowest BCUT2D eigenvalue weighted by molar-refractivity contribution is 0.658. The van der Waals surface area contributed by atoms with Gasteiger partial charge in [0.05, 0.1) is 5.71 Å². The van der Waals surface area contributed by atoms with E-state index in [1.54, 1.807) is 0 Å². The summed E-state index contributed by atoms with van der Waals surface area (Å²) in [5.74, 6) is 0. The van der Waals surface area contributed by atoms with Crippen molar-refractivity contribution in [1.29, 1.82) is 0 Å². The number of fused-ring (bicyclic) bond motifs is 9. The van der Waals surface area contributed by atoms with Gasteiger partial charge < -0.3 is 9.73 Å². The molecule has 7 aromatic carbocycles. The summed E-state index contributed by atoms with van der Waals surface area (Å²) in [5.41, 5.74) is 9.31. The van der Waals surface area contributed by atoms with Crippen molar-refractivity contribution in [3.05, 3.63) is 187 Å². The molecule has 0 amide bonds. The largest absolute Gasteiger partial charge is 0.456 e. The Morgan fingerprint density at radius 1 is 0.660 bits per heavy atom. The third-order valence-electron chi connectivity index (χ3n) is 9.97. The number of nitrogens with one attached hydrogen (secondary N) is 1. The lowest BCUT2D eigenvalue weighted by Crippen LogP contribution is -2.25. The molecule has 1 aromatic heterocycles. The summed E-state index contributed by atoms with van der Waals surface area (Å²) >= 11 is 0. The topological polar surface area (TPSA) is 37.5 Å². The second-order valence-corrected chi connectivity index (χ2v) is 12.9. The predicted molar refractivity (Wildman–Crippen MR) is 208 cm³/mol. The monoisotopic (exact) mass is 638 g/mol. The third-order valence-corrected chi connectivity index (χ3v) is 9.97. The molecule has 0 saturated heterocycles. The second-order valence-electron chi connectivity index (χ2n) is 12.9. The summed E-state index contributed by atoms with van der Waals surface area (Å²) in [6.45, 7) is 0. The average Bonchev–Trinajstić information content (AvgIpc) is 3.34. The van der Waals surface area contributed by atoms with Crippen LogP contribution >= 0.6 is 0 Å². The maximum atomic E-state index is 6.49. The van der Waals surface area contributed by atoms with Crippen LogP contribution in [0.25, 0.3) is 71.1 Å². The van der Waals surface area contributed by atoms with E-state index in [0.29, 0.717) is 0 Å². The Morgan fingerprint density at radius 2 is 1.46 bits per heavy atom. The Kier molecular flexibility index (Phi) is 6.54. The van der Waals surface area contributed by atoms with E-state index in [4.69, 9.17) is 9.41 Å². The number of allylic oxidation sites excluding steroid dienone is 7. The van der Waals surface area contributed by atoms with Gasteiger partial charge in [-0.15, -0.1) is 0 Å². The minimum Gasteiger partial charge on any atom is -0.456 e. The molecule has 0 bridgehead atoms. The van der Waals surface area contributed by atoms with Gasteiger partial charge in [0, 0.05) is 27.4 Å². The highest BCUT2D eigenvalue weighted by molar-refractivity contribution is 6.25. The molecule has 8 aromatic rings. The number of hydrogen-bond donors (Lipinski definition) is 1. The molecular formula is C47H30N2O. The molecule has 1 unspecified atom stereocenters. The van der Waals surface area contributed by atoms with E-state index in [-0.39, 0.29) is 6.17 Å². The predicted octanol–water partition coefficient (Wildman–Crippen LogP) is 11.8. The zero-order valence-corrected chi connectivity index (χ0v) is 27.2. The van der Waals surface area contributed by atoms with Crippen LogP contribution in [0.3, 0.4) is 0 Å². The van der Waals surface area contributed by atoms with Gasteiger partial charge in [0.15, 0.2) is 0 Å². The maximum absolute atomic E-state index is 6.49. The van der Waals surface area contributed by atoms with Crippen LogP contribution in [0.5, 0.6) is 0 Å². The number of benzene rings is 6. The molecule has 0 saturated carbocycles. The van der Waals surface area contributed by atoms with Crippen molar-refractivity contribution in [3.63, 3.8) is 0 Å². The standard InChI is InChI=1S/C47H30N2O/c1-2-5-14-30(13-4-1)42-29-43(31-15-6-3-7-16-31)49-47(48-42)39-21-12-22-45-46(39)41-28-33(24-26-44(41)50-45)32-23-25-38-36-19-9-8-17-34(36)35-18-10-11-20-37(35)40(38)27-32/h1-4,6-10,12-19,21-29,47,49H,5H2. The Labute approximate surface area is 289 Å². The molecule has 1 atom stereocenters. The number of furan rings is 1. The summed E-state index contributed by atoms with van der Waals surface area (Å²) in [7, 11) is 0. The van der Waals surface area contributed by atoms with Gasteiger partial charge in [-0.05, 0) is 98.1 Å². The van der Waals surface area contributed by atoms with E-state index in [0.717, 1.165) is 73.0 Å². The summed E-state index contributed by atoms with van der Waals surface area (Å²) < 4.78 is 6.49. The van der Waals surface area contributed by atoms with E-state index >= 15 is 0 Å². The Bertz CT molecular complexity index is 2780. The Morgan fingerprint density at radius 3 is 2.36 bits per heavy atom. The fourth-order valence-corrected chi connectivity index (χ4v) is 7.60. The van der Waals surface area contributed by atoms with Crippen LogP contribution in [-0.4, -0.2) is 5.71 Å². The highest BCUT2D eigenvalue weighted by atomic mass is 16.3. The van der Waals surface area contributed by atoms with Crippen LogP contribution < -0.4 is 5.32 Å². The molecule has 1 aliphatic heterocycles. The lowest BCUT2D eigenvalue weighted by Gasteiger charge is -2.25. The molecule has 0 spiro atoms. The van der Waals surface area contributed by atoms with Gasteiger partial charge in [-0.25, -0.2) is 0 Å². The van der Waals surface area contributed by atoms with Crippen molar-refractivity contribution in [2.75, 3.05) is 0 Å². The smallest absolute Gasteiger partial charge is 0.146 e. The van der Waals surface area contributed by atoms with Gasteiger partial charge >= 0.3 is 0 Å². The molecule has 2 heterocycles. The first-order valence-corrected chi connectivity index (χ1v) is 17.1. The van der Waals surface area contributed by atoms with E-state index < -0.39 is 0 Å². The molecule has 0 fully saturated rings. The fourth-order valence-electron chi connectivity index (χ4n) is 7.60. The molecule has 3 nitrogen and oxygen atoms in total. The quantitative estimate of drug-likeness (QED) is 0.195. The molecule has 234 valence electrons. The van der Waals surface area contributed by atoms with Crippen LogP contribution in [0.2, 0.25) is 0 Å². The molecule has 0 radical (unpaired) electrons. The van der Waals surface area contributed by atoms with Crippen LogP contribution in [0, 0.1) is 12.1 Å². The molecule has 50 heavy (non-hydrogen) atoms. The highest BCUT2D eigenvalue weighted by Gasteiger charge is 2.24. The normalized spacial score (nSPS) is 15.9. The summed E-state index contributed by atoms with van der Waals surface area (Å²) in [5, 5.41) is 13.1. The first kappa shape index (κ1) is 28.4. The maximum Gasteiger partial charge on any atom is 0.146 e. The van der Waals surface area contributed by atoms with Crippen molar-refractivity contribution >= 4 is 65.7 Å². The second kappa shape index (κ2) is 11.5. The number of nitrogens with zero attached hydrogens (tertiary/aromatic N) is 1. The molecule has 1 aliphatic carbocycles. The van der Waals surface area contributed by atoms with Crippen molar-refractivity contribution < 1.29 is 4.42 Å². The Balaban J connectivity index is 1.14. The van der Waals surface area contributed by atoms with E-state index in [9.17, 15) is 0 Å². The highest BCUT2D eigenvalue weighted by Crippen LogP contribution is 2.40. The number of aliphatic imine (C=N–C) groups is 1. The van der Waals surface area contributed by atoms with Crippen molar-refractivity contribution in [3.8, 4) is 11.1 Å².